The first-order valence-electron chi connectivity index (χ1n) is 6.44. The Labute approximate surface area is 119 Å². The summed E-state index contributed by atoms with van der Waals surface area (Å²) in [5, 5.41) is 2.73. The van der Waals surface area contributed by atoms with Gasteiger partial charge in [-0.3, -0.25) is 4.79 Å². The summed E-state index contributed by atoms with van der Waals surface area (Å²) >= 11 is 0. The SMILES string of the molecule is CN(C)c1ccc(C(=O)OCC(=O)NC(C)(C)C)cc1. The van der Waals surface area contributed by atoms with Crippen LogP contribution in [0.3, 0.4) is 0 Å². The van der Waals surface area contributed by atoms with Crippen molar-refractivity contribution in [3.63, 3.8) is 0 Å². The van der Waals surface area contributed by atoms with Gasteiger partial charge < -0.3 is 15.0 Å². The average molecular weight is 278 g/mol. The summed E-state index contributed by atoms with van der Waals surface area (Å²) in [6.45, 7) is 5.33. The molecule has 5 heteroatoms. The number of anilines is 1. The second-order valence-electron chi connectivity index (χ2n) is 5.82. The molecule has 0 atom stereocenters. The molecule has 5 nitrogen and oxygen atoms in total. The van der Waals surface area contributed by atoms with Crippen molar-refractivity contribution in [2.45, 2.75) is 26.3 Å². The van der Waals surface area contributed by atoms with Gasteiger partial charge >= 0.3 is 5.97 Å². The van der Waals surface area contributed by atoms with Crippen LogP contribution < -0.4 is 10.2 Å². The standard InChI is InChI=1S/C15H22N2O3/c1-15(2,3)16-13(18)10-20-14(19)11-6-8-12(9-7-11)17(4)5/h6-9H,10H2,1-5H3,(H,16,18). The summed E-state index contributed by atoms with van der Waals surface area (Å²) in [5.74, 6) is -0.810. The molecule has 0 saturated carbocycles. The highest BCUT2D eigenvalue weighted by Crippen LogP contribution is 2.12. The largest absolute Gasteiger partial charge is 0.452 e. The monoisotopic (exact) mass is 278 g/mol. The Kier molecular flexibility index (Phi) is 5.13. The molecule has 0 aliphatic rings. The number of ether oxygens (including phenoxy) is 1. The number of nitrogens with one attached hydrogen (secondary N) is 1. The maximum Gasteiger partial charge on any atom is 0.338 e. The van der Waals surface area contributed by atoms with Crippen molar-refractivity contribution in [2.75, 3.05) is 25.6 Å². The zero-order chi connectivity index (χ0) is 15.3. The highest BCUT2D eigenvalue weighted by atomic mass is 16.5. The van der Waals surface area contributed by atoms with Gasteiger partial charge in [-0.25, -0.2) is 4.79 Å². The predicted octanol–water partition coefficient (Wildman–Crippen LogP) is 1.82. The Morgan fingerprint density at radius 3 is 2.15 bits per heavy atom. The van der Waals surface area contributed by atoms with E-state index in [-0.39, 0.29) is 18.1 Å². The van der Waals surface area contributed by atoms with Crippen molar-refractivity contribution in [2.24, 2.45) is 0 Å². The quantitative estimate of drug-likeness (QED) is 0.854. The van der Waals surface area contributed by atoms with Gasteiger partial charge in [-0.05, 0) is 45.0 Å². The maximum absolute atomic E-state index is 11.8. The number of rotatable bonds is 4. The third kappa shape index (κ3) is 5.30. The Hall–Kier alpha value is -2.04. The summed E-state index contributed by atoms with van der Waals surface area (Å²) in [6.07, 6.45) is 0. The van der Waals surface area contributed by atoms with Crippen molar-refractivity contribution in [3.05, 3.63) is 29.8 Å². The molecule has 0 bridgehead atoms. The number of hydrogen-bond donors (Lipinski definition) is 1. The molecular formula is C15H22N2O3. The highest BCUT2D eigenvalue weighted by Gasteiger charge is 2.15. The van der Waals surface area contributed by atoms with Crippen molar-refractivity contribution < 1.29 is 14.3 Å². The highest BCUT2D eigenvalue weighted by molar-refractivity contribution is 5.91. The summed E-state index contributed by atoms with van der Waals surface area (Å²) in [4.78, 5) is 25.3. The van der Waals surface area contributed by atoms with E-state index in [1.807, 2.05) is 51.9 Å². The smallest absolute Gasteiger partial charge is 0.338 e. The molecule has 0 radical (unpaired) electrons. The lowest BCUT2D eigenvalue weighted by Gasteiger charge is -2.20. The molecule has 20 heavy (non-hydrogen) atoms. The summed E-state index contributed by atoms with van der Waals surface area (Å²) < 4.78 is 4.97. The van der Waals surface area contributed by atoms with Crippen LogP contribution >= 0.6 is 0 Å². The maximum atomic E-state index is 11.8. The number of hydrogen-bond acceptors (Lipinski definition) is 4. The van der Waals surface area contributed by atoms with Gasteiger partial charge in [-0.2, -0.15) is 0 Å². The van der Waals surface area contributed by atoms with Crippen LogP contribution in [0.15, 0.2) is 24.3 Å². The fraction of sp³-hybridized carbons (Fsp3) is 0.467. The Morgan fingerprint density at radius 2 is 1.70 bits per heavy atom. The van der Waals surface area contributed by atoms with E-state index in [1.54, 1.807) is 12.1 Å². The van der Waals surface area contributed by atoms with E-state index < -0.39 is 5.97 Å². The van der Waals surface area contributed by atoms with Crippen molar-refractivity contribution in [1.82, 2.24) is 5.32 Å². The summed E-state index contributed by atoms with van der Waals surface area (Å²) in [7, 11) is 3.84. The van der Waals surface area contributed by atoms with Crippen LogP contribution in [-0.4, -0.2) is 38.1 Å². The molecule has 0 saturated heterocycles. The third-order valence-corrected chi connectivity index (χ3v) is 2.47. The lowest BCUT2D eigenvalue weighted by molar-refractivity contribution is -0.125. The van der Waals surface area contributed by atoms with Crippen LogP contribution in [0.5, 0.6) is 0 Å². The molecule has 0 aromatic heterocycles. The number of esters is 1. The van der Waals surface area contributed by atoms with E-state index in [0.717, 1.165) is 5.69 Å². The molecule has 1 N–H and O–H groups in total. The molecule has 0 heterocycles. The van der Waals surface area contributed by atoms with Crippen LogP contribution in [0, 0.1) is 0 Å². The first kappa shape index (κ1) is 16.0. The average Bonchev–Trinajstić information content (AvgIpc) is 2.34. The third-order valence-electron chi connectivity index (χ3n) is 2.47. The van der Waals surface area contributed by atoms with Crippen LogP contribution in [0.4, 0.5) is 5.69 Å². The lowest BCUT2D eigenvalue weighted by atomic mass is 10.1. The minimum Gasteiger partial charge on any atom is -0.452 e. The summed E-state index contributed by atoms with van der Waals surface area (Å²) in [5.41, 5.74) is 1.09. The second-order valence-corrected chi connectivity index (χ2v) is 5.82. The van der Waals surface area contributed by atoms with Gasteiger partial charge in [-0.1, -0.05) is 0 Å². The number of benzene rings is 1. The van der Waals surface area contributed by atoms with E-state index in [0.29, 0.717) is 5.56 Å². The van der Waals surface area contributed by atoms with E-state index in [1.165, 1.54) is 0 Å². The van der Waals surface area contributed by atoms with Gasteiger partial charge in [0.1, 0.15) is 0 Å². The second kappa shape index (κ2) is 6.41. The van der Waals surface area contributed by atoms with Crippen LogP contribution in [0.2, 0.25) is 0 Å². The predicted molar refractivity (Wildman–Crippen MR) is 78.9 cm³/mol. The van der Waals surface area contributed by atoms with Crippen LogP contribution in [-0.2, 0) is 9.53 Å². The van der Waals surface area contributed by atoms with Gasteiger partial charge in [0.05, 0.1) is 5.56 Å². The lowest BCUT2D eigenvalue weighted by Crippen LogP contribution is -2.42. The topological polar surface area (TPSA) is 58.6 Å². The van der Waals surface area contributed by atoms with Crippen molar-refractivity contribution in [3.8, 4) is 0 Å². The molecule has 1 aromatic carbocycles. The van der Waals surface area contributed by atoms with E-state index >= 15 is 0 Å². The Morgan fingerprint density at radius 1 is 1.15 bits per heavy atom. The molecule has 0 aliphatic carbocycles. The van der Waals surface area contributed by atoms with Gasteiger partial charge in [0.2, 0.25) is 0 Å². The minimum absolute atomic E-state index is 0.272. The molecule has 0 fully saturated rings. The number of carbonyl (C=O) groups is 2. The molecule has 1 aromatic rings. The van der Waals surface area contributed by atoms with Gasteiger partial charge in [-0.15, -0.1) is 0 Å². The molecule has 0 aliphatic heterocycles. The van der Waals surface area contributed by atoms with E-state index in [9.17, 15) is 9.59 Å². The van der Waals surface area contributed by atoms with E-state index in [2.05, 4.69) is 5.32 Å². The molecular weight excluding hydrogens is 256 g/mol. The van der Waals surface area contributed by atoms with Gasteiger partial charge in [0, 0.05) is 25.3 Å². The summed E-state index contributed by atoms with van der Waals surface area (Å²) in [6, 6.07) is 7.01. The number of carbonyl (C=O) groups excluding carboxylic acids is 2. The molecule has 0 spiro atoms. The van der Waals surface area contributed by atoms with Crippen LogP contribution in [0.1, 0.15) is 31.1 Å². The number of nitrogens with zero attached hydrogens (tertiary/aromatic N) is 1. The Balaban J connectivity index is 2.53. The van der Waals surface area contributed by atoms with E-state index in [4.69, 9.17) is 4.74 Å². The zero-order valence-corrected chi connectivity index (χ0v) is 12.7. The molecule has 1 amide bonds. The Bertz CT molecular complexity index is 473. The fourth-order valence-corrected chi connectivity index (χ4v) is 1.56. The van der Waals surface area contributed by atoms with Crippen molar-refractivity contribution in [1.29, 1.82) is 0 Å². The van der Waals surface area contributed by atoms with Gasteiger partial charge in [0.25, 0.3) is 5.91 Å². The molecule has 0 unspecified atom stereocenters. The van der Waals surface area contributed by atoms with Crippen LogP contribution in [0.25, 0.3) is 0 Å². The molecule has 1 rings (SSSR count). The van der Waals surface area contributed by atoms with Crippen molar-refractivity contribution >= 4 is 17.6 Å². The molecule has 110 valence electrons. The zero-order valence-electron chi connectivity index (χ0n) is 12.7. The first-order valence-corrected chi connectivity index (χ1v) is 6.44. The first-order chi connectivity index (χ1) is 9.19. The normalized spacial score (nSPS) is 10.8. The fourth-order valence-electron chi connectivity index (χ4n) is 1.56. The number of amides is 1. The minimum atomic E-state index is -0.501. The van der Waals surface area contributed by atoms with Gasteiger partial charge in [0.15, 0.2) is 6.61 Å².